The summed E-state index contributed by atoms with van der Waals surface area (Å²) in [4.78, 5) is 27.6. The molecule has 3 N–H and O–H groups in total. The summed E-state index contributed by atoms with van der Waals surface area (Å²) in [6.07, 6.45) is 3.87. The third kappa shape index (κ3) is 3.19. The van der Waals surface area contributed by atoms with E-state index in [1.165, 1.54) is 27.3 Å². The molecule has 0 spiro atoms. The van der Waals surface area contributed by atoms with Crippen LogP contribution in [0.4, 0.5) is 5.00 Å². The number of benzene rings is 1. The molecule has 130 valence electrons. The number of carbonyl (C=O) groups is 2. The molecule has 0 bridgehead atoms. The minimum Gasteiger partial charge on any atom is -0.365 e. The highest BCUT2D eigenvalue weighted by atomic mass is 32.1. The van der Waals surface area contributed by atoms with Crippen LogP contribution in [0.3, 0.4) is 0 Å². The van der Waals surface area contributed by atoms with Crippen molar-refractivity contribution >= 4 is 28.2 Å². The SMILES string of the molecule is NC(=O)c1c(NC(=O)CN2CCc3ccccc3C2)sc2c1CCC2. The van der Waals surface area contributed by atoms with E-state index in [0.29, 0.717) is 17.1 Å². The van der Waals surface area contributed by atoms with Crippen LogP contribution in [-0.2, 0) is 30.6 Å². The zero-order chi connectivity index (χ0) is 17.4. The van der Waals surface area contributed by atoms with Crippen LogP contribution < -0.4 is 11.1 Å². The smallest absolute Gasteiger partial charge is 0.251 e. The second kappa shape index (κ2) is 6.61. The molecule has 0 unspecified atom stereocenters. The summed E-state index contributed by atoms with van der Waals surface area (Å²) >= 11 is 1.50. The molecular weight excluding hydrogens is 334 g/mol. The quantitative estimate of drug-likeness (QED) is 0.884. The molecule has 2 aliphatic rings. The fourth-order valence-corrected chi connectivity index (χ4v) is 5.12. The highest BCUT2D eigenvalue weighted by Gasteiger charge is 2.26. The van der Waals surface area contributed by atoms with Crippen LogP contribution >= 0.6 is 11.3 Å². The first-order valence-electron chi connectivity index (χ1n) is 8.65. The second-order valence-electron chi connectivity index (χ2n) is 6.70. The number of fused-ring (bicyclic) bond motifs is 2. The van der Waals surface area contributed by atoms with Crippen molar-refractivity contribution in [2.45, 2.75) is 32.2 Å². The van der Waals surface area contributed by atoms with Crippen molar-refractivity contribution in [3.8, 4) is 0 Å². The van der Waals surface area contributed by atoms with Crippen LogP contribution in [0.25, 0.3) is 0 Å². The van der Waals surface area contributed by atoms with Gasteiger partial charge in [0, 0.05) is 18.0 Å². The molecule has 0 radical (unpaired) electrons. The average Bonchev–Trinajstić information content (AvgIpc) is 3.14. The molecule has 1 aromatic carbocycles. The van der Waals surface area contributed by atoms with Gasteiger partial charge >= 0.3 is 0 Å². The van der Waals surface area contributed by atoms with Crippen molar-refractivity contribution in [2.75, 3.05) is 18.4 Å². The molecule has 1 aliphatic heterocycles. The van der Waals surface area contributed by atoms with Gasteiger partial charge in [0.25, 0.3) is 5.91 Å². The molecule has 0 fully saturated rings. The molecule has 6 heteroatoms. The largest absolute Gasteiger partial charge is 0.365 e. The zero-order valence-corrected chi connectivity index (χ0v) is 14.8. The molecule has 0 saturated heterocycles. The molecule has 5 nitrogen and oxygen atoms in total. The molecule has 0 saturated carbocycles. The Morgan fingerprint density at radius 3 is 2.76 bits per heavy atom. The summed E-state index contributed by atoms with van der Waals surface area (Å²) in [6, 6.07) is 8.37. The number of rotatable bonds is 4. The van der Waals surface area contributed by atoms with Gasteiger partial charge in [0.05, 0.1) is 12.1 Å². The van der Waals surface area contributed by atoms with Gasteiger partial charge in [-0.25, -0.2) is 0 Å². The first-order valence-corrected chi connectivity index (χ1v) is 9.47. The molecule has 0 atom stereocenters. The zero-order valence-electron chi connectivity index (χ0n) is 14.0. The lowest BCUT2D eigenvalue weighted by Gasteiger charge is -2.28. The summed E-state index contributed by atoms with van der Waals surface area (Å²) in [7, 11) is 0. The van der Waals surface area contributed by atoms with Gasteiger partial charge in [0.15, 0.2) is 0 Å². The minimum atomic E-state index is -0.443. The molecule has 2 amide bonds. The predicted octanol–water partition coefficient (Wildman–Crippen LogP) is 2.33. The van der Waals surface area contributed by atoms with E-state index in [0.717, 1.165) is 44.3 Å². The molecule has 2 heterocycles. The number of nitrogens with zero attached hydrogens (tertiary/aromatic N) is 1. The molecule has 1 aromatic heterocycles. The van der Waals surface area contributed by atoms with E-state index in [4.69, 9.17) is 5.73 Å². The molecule has 1 aliphatic carbocycles. The van der Waals surface area contributed by atoms with Crippen LogP contribution in [0.5, 0.6) is 0 Å². The number of aryl methyl sites for hydroxylation is 1. The Morgan fingerprint density at radius 1 is 1.16 bits per heavy atom. The number of amides is 2. The van der Waals surface area contributed by atoms with Crippen LogP contribution in [0.15, 0.2) is 24.3 Å². The number of hydrogen-bond donors (Lipinski definition) is 2. The van der Waals surface area contributed by atoms with Crippen molar-refractivity contribution in [1.82, 2.24) is 4.90 Å². The Hall–Kier alpha value is -2.18. The van der Waals surface area contributed by atoms with Crippen LogP contribution in [0, 0.1) is 0 Å². The van der Waals surface area contributed by atoms with E-state index in [9.17, 15) is 9.59 Å². The third-order valence-corrected chi connectivity index (χ3v) is 6.20. The standard InChI is InChI=1S/C19H21N3O2S/c20-18(24)17-14-6-3-7-15(14)25-19(17)21-16(23)11-22-9-8-12-4-1-2-5-13(12)10-22/h1-2,4-5H,3,6-11H2,(H2,20,24)(H,21,23). The number of nitrogens with one attached hydrogen (secondary N) is 1. The Balaban J connectivity index is 1.44. The van der Waals surface area contributed by atoms with Crippen molar-refractivity contribution in [3.05, 3.63) is 51.4 Å². The molecule has 4 rings (SSSR count). The first kappa shape index (κ1) is 16.3. The summed E-state index contributed by atoms with van der Waals surface area (Å²) in [5, 5.41) is 3.55. The van der Waals surface area contributed by atoms with E-state index in [2.05, 4.69) is 28.4 Å². The van der Waals surface area contributed by atoms with Gasteiger partial charge in [-0.05, 0) is 42.4 Å². The lowest BCUT2D eigenvalue weighted by Crippen LogP contribution is -2.37. The van der Waals surface area contributed by atoms with E-state index in [-0.39, 0.29) is 5.91 Å². The van der Waals surface area contributed by atoms with Crippen LogP contribution in [-0.4, -0.2) is 29.8 Å². The maximum absolute atomic E-state index is 12.5. The fraction of sp³-hybridized carbons (Fsp3) is 0.368. The van der Waals surface area contributed by atoms with E-state index < -0.39 is 5.91 Å². The average molecular weight is 355 g/mol. The number of nitrogens with two attached hydrogens (primary N) is 1. The summed E-state index contributed by atoms with van der Waals surface area (Å²) in [6.45, 7) is 1.98. The maximum Gasteiger partial charge on any atom is 0.251 e. The Labute approximate surface area is 150 Å². The summed E-state index contributed by atoms with van der Waals surface area (Å²) in [5.41, 5.74) is 9.77. The summed E-state index contributed by atoms with van der Waals surface area (Å²) < 4.78 is 0. The van der Waals surface area contributed by atoms with E-state index in [1.54, 1.807) is 0 Å². The topological polar surface area (TPSA) is 75.4 Å². The van der Waals surface area contributed by atoms with Crippen molar-refractivity contribution < 1.29 is 9.59 Å². The normalized spacial score (nSPS) is 16.3. The molecule has 2 aromatic rings. The third-order valence-electron chi connectivity index (χ3n) is 5.00. The van der Waals surface area contributed by atoms with Gasteiger partial charge < -0.3 is 11.1 Å². The highest BCUT2D eigenvalue weighted by molar-refractivity contribution is 7.17. The van der Waals surface area contributed by atoms with Gasteiger partial charge in [-0.15, -0.1) is 11.3 Å². The lowest BCUT2D eigenvalue weighted by atomic mass is 10.00. The van der Waals surface area contributed by atoms with Gasteiger partial charge in [-0.3, -0.25) is 14.5 Å². The van der Waals surface area contributed by atoms with Gasteiger partial charge in [-0.1, -0.05) is 24.3 Å². The number of primary amides is 1. The van der Waals surface area contributed by atoms with Gasteiger partial charge in [0.2, 0.25) is 5.91 Å². The molecular formula is C19H21N3O2S. The van der Waals surface area contributed by atoms with Crippen LogP contribution in [0.2, 0.25) is 0 Å². The lowest BCUT2D eigenvalue weighted by molar-refractivity contribution is -0.117. The van der Waals surface area contributed by atoms with Crippen molar-refractivity contribution in [1.29, 1.82) is 0 Å². The monoisotopic (exact) mass is 355 g/mol. The summed E-state index contributed by atoms with van der Waals surface area (Å²) in [5.74, 6) is -0.525. The Kier molecular flexibility index (Phi) is 4.31. The first-order chi connectivity index (χ1) is 12.1. The van der Waals surface area contributed by atoms with E-state index in [1.807, 2.05) is 6.07 Å². The van der Waals surface area contributed by atoms with E-state index >= 15 is 0 Å². The van der Waals surface area contributed by atoms with Gasteiger partial charge in [0.1, 0.15) is 5.00 Å². The van der Waals surface area contributed by atoms with Crippen LogP contribution in [0.1, 0.15) is 38.3 Å². The predicted molar refractivity (Wildman–Crippen MR) is 98.9 cm³/mol. The fourth-order valence-electron chi connectivity index (χ4n) is 3.81. The van der Waals surface area contributed by atoms with Crippen molar-refractivity contribution in [3.63, 3.8) is 0 Å². The Bertz CT molecular complexity index is 843. The van der Waals surface area contributed by atoms with Gasteiger partial charge in [-0.2, -0.15) is 0 Å². The van der Waals surface area contributed by atoms with Crippen molar-refractivity contribution in [2.24, 2.45) is 5.73 Å². The second-order valence-corrected chi connectivity index (χ2v) is 7.81. The maximum atomic E-state index is 12.5. The highest BCUT2D eigenvalue weighted by Crippen LogP contribution is 2.38. The minimum absolute atomic E-state index is 0.0817. The Morgan fingerprint density at radius 2 is 1.96 bits per heavy atom. The molecule has 25 heavy (non-hydrogen) atoms. The number of anilines is 1. The number of hydrogen-bond acceptors (Lipinski definition) is 4. The number of thiophene rings is 1. The number of carbonyl (C=O) groups excluding carboxylic acids is 2.